The zero-order chi connectivity index (χ0) is 22.1. The van der Waals surface area contributed by atoms with Crippen molar-refractivity contribution < 1.29 is 13.9 Å². The number of halogens is 1. The van der Waals surface area contributed by atoms with Gasteiger partial charge < -0.3 is 20.7 Å². The van der Waals surface area contributed by atoms with Crippen LogP contribution in [0.25, 0.3) is 0 Å². The van der Waals surface area contributed by atoms with Crippen LogP contribution in [0, 0.1) is 17.1 Å². The summed E-state index contributed by atoms with van der Waals surface area (Å²) in [5.74, 6) is 0.201. The number of carbonyl (C=O) groups excluding carboxylic acids is 1. The fourth-order valence-corrected chi connectivity index (χ4v) is 3.28. The van der Waals surface area contributed by atoms with Crippen LogP contribution in [0.1, 0.15) is 64.5 Å². The molecule has 8 heteroatoms. The van der Waals surface area contributed by atoms with Gasteiger partial charge in [-0.25, -0.2) is 14.2 Å². The second-order valence-electron chi connectivity index (χ2n) is 8.45. The van der Waals surface area contributed by atoms with Gasteiger partial charge in [-0.3, -0.25) is 0 Å². The number of nitrogens with zero attached hydrogens (tertiary/aromatic N) is 2. The predicted molar refractivity (Wildman–Crippen MR) is 114 cm³/mol. The molecule has 0 saturated heterocycles. The first-order chi connectivity index (χ1) is 14.2. The first-order valence-corrected chi connectivity index (χ1v) is 10.4. The van der Waals surface area contributed by atoms with Gasteiger partial charge in [0.05, 0.1) is 18.2 Å². The van der Waals surface area contributed by atoms with Gasteiger partial charge in [-0.15, -0.1) is 0 Å². The Hall–Kier alpha value is -2.82. The van der Waals surface area contributed by atoms with E-state index in [0.717, 1.165) is 25.7 Å². The van der Waals surface area contributed by atoms with Crippen LogP contribution in [0.2, 0.25) is 0 Å². The minimum absolute atomic E-state index is 0.102. The Morgan fingerprint density at radius 1 is 1.23 bits per heavy atom. The summed E-state index contributed by atoms with van der Waals surface area (Å²) in [6.45, 7) is 8.39. The molecule has 0 aromatic heterocycles. The molecule has 0 spiro atoms. The van der Waals surface area contributed by atoms with Crippen molar-refractivity contribution in [2.24, 2.45) is 4.99 Å². The minimum atomic E-state index is -0.506. The highest BCUT2D eigenvalue weighted by atomic mass is 19.1. The number of nitrogens with one attached hydrogen (secondary N) is 3. The second kappa shape index (κ2) is 10.8. The number of hydrogen-bond acceptors (Lipinski definition) is 4. The SMILES string of the molecule is CCNC(=NCc1ccc(C#N)cc1F)NC1CCC(NC(=O)OC(C)(C)C)CC1. The lowest BCUT2D eigenvalue weighted by Crippen LogP contribution is -2.48. The van der Waals surface area contributed by atoms with Gasteiger partial charge in [-0.1, -0.05) is 6.07 Å². The van der Waals surface area contributed by atoms with Crippen molar-refractivity contribution in [2.75, 3.05) is 6.54 Å². The minimum Gasteiger partial charge on any atom is -0.444 e. The van der Waals surface area contributed by atoms with Gasteiger partial charge in [0.15, 0.2) is 5.96 Å². The van der Waals surface area contributed by atoms with E-state index in [-0.39, 0.29) is 24.7 Å². The average molecular weight is 418 g/mol. The number of benzene rings is 1. The number of nitriles is 1. The van der Waals surface area contributed by atoms with Gasteiger partial charge in [0.2, 0.25) is 0 Å². The molecule has 0 unspecified atom stereocenters. The van der Waals surface area contributed by atoms with Crippen LogP contribution in [0.3, 0.4) is 0 Å². The molecule has 3 N–H and O–H groups in total. The van der Waals surface area contributed by atoms with E-state index in [9.17, 15) is 9.18 Å². The fourth-order valence-electron chi connectivity index (χ4n) is 3.28. The molecule has 0 bridgehead atoms. The van der Waals surface area contributed by atoms with E-state index >= 15 is 0 Å². The summed E-state index contributed by atoms with van der Waals surface area (Å²) in [5.41, 5.74) is 0.229. The van der Waals surface area contributed by atoms with E-state index in [0.29, 0.717) is 23.6 Å². The number of carbonyl (C=O) groups is 1. The van der Waals surface area contributed by atoms with Gasteiger partial charge in [0, 0.05) is 24.2 Å². The molecule has 7 nitrogen and oxygen atoms in total. The van der Waals surface area contributed by atoms with E-state index in [1.165, 1.54) is 6.07 Å². The third kappa shape index (κ3) is 7.90. The van der Waals surface area contributed by atoms with Crippen LogP contribution >= 0.6 is 0 Å². The smallest absolute Gasteiger partial charge is 0.407 e. The molecule has 1 aromatic rings. The lowest BCUT2D eigenvalue weighted by Gasteiger charge is -2.31. The molecule has 0 aliphatic heterocycles. The van der Waals surface area contributed by atoms with Gasteiger partial charge in [0.25, 0.3) is 0 Å². The Morgan fingerprint density at radius 3 is 2.40 bits per heavy atom. The molecule has 164 valence electrons. The van der Waals surface area contributed by atoms with E-state index in [1.807, 2.05) is 33.8 Å². The summed E-state index contributed by atoms with van der Waals surface area (Å²) >= 11 is 0. The summed E-state index contributed by atoms with van der Waals surface area (Å²) in [6.07, 6.45) is 3.09. The van der Waals surface area contributed by atoms with Gasteiger partial charge in [-0.2, -0.15) is 5.26 Å². The Bertz CT molecular complexity index is 790. The molecule has 2 rings (SSSR count). The van der Waals surface area contributed by atoms with Crippen molar-refractivity contribution in [2.45, 2.75) is 77.6 Å². The lowest BCUT2D eigenvalue weighted by molar-refractivity contribution is 0.0490. The van der Waals surface area contributed by atoms with E-state index in [4.69, 9.17) is 10.00 Å². The van der Waals surface area contributed by atoms with Crippen molar-refractivity contribution in [1.29, 1.82) is 5.26 Å². The summed E-state index contributed by atoms with van der Waals surface area (Å²) in [4.78, 5) is 16.4. The quantitative estimate of drug-likeness (QED) is 0.502. The lowest BCUT2D eigenvalue weighted by atomic mass is 9.91. The molecule has 0 heterocycles. The van der Waals surface area contributed by atoms with Crippen LogP contribution in [0.4, 0.5) is 9.18 Å². The maximum atomic E-state index is 14.1. The van der Waals surface area contributed by atoms with Crippen LogP contribution in [-0.4, -0.2) is 36.3 Å². The van der Waals surface area contributed by atoms with Crippen LogP contribution in [0.5, 0.6) is 0 Å². The maximum Gasteiger partial charge on any atom is 0.407 e. The first kappa shape index (κ1) is 23.5. The molecular weight excluding hydrogens is 385 g/mol. The highest BCUT2D eigenvalue weighted by Crippen LogP contribution is 2.19. The number of alkyl carbamates (subject to hydrolysis) is 1. The summed E-state index contributed by atoms with van der Waals surface area (Å²) in [6, 6.07) is 6.66. The Labute approximate surface area is 178 Å². The molecule has 1 aliphatic rings. The number of guanidine groups is 1. The molecule has 0 atom stereocenters. The van der Waals surface area contributed by atoms with Crippen LogP contribution in [0.15, 0.2) is 23.2 Å². The van der Waals surface area contributed by atoms with Gasteiger partial charge >= 0.3 is 6.09 Å². The van der Waals surface area contributed by atoms with Gasteiger partial charge in [0.1, 0.15) is 11.4 Å². The Kier molecular flexibility index (Phi) is 8.46. The van der Waals surface area contributed by atoms with Crippen molar-refractivity contribution in [3.8, 4) is 6.07 Å². The molecule has 30 heavy (non-hydrogen) atoms. The van der Waals surface area contributed by atoms with Crippen molar-refractivity contribution in [1.82, 2.24) is 16.0 Å². The Balaban J connectivity index is 1.87. The van der Waals surface area contributed by atoms with E-state index in [1.54, 1.807) is 12.1 Å². The van der Waals surface area contributed by atoms with E-state index in [2.05, 4.69) is 20.9 Å². The van der Waals surface area contributed by atoms with Crippen molar-refractivity contribution in [3.63, 3.8) is 0 Å². The topological polar surface area (TPSA) is 98.5 Å². The standard InChI is InChI=1S/C22H32FN5O2/c1-5-25-20(26-14-16-7-6-15(13-24)12-19(16)23)27-17-8-10-18(11-9-17)28-21(29)30-22(2,3)4/h6-7,12,17-18H,5,8-11,14H2,1-4H3,(H,28,29)(H2,25,26,27). The maximum absolute atomic E-state index is 14.1. The zero-order valence-corrected chi connectivity index (χ0v) is 18.2. The second-order valence-corrected chi connectivity index (χ2v) is 8.45. The third-order valence-electron chi connectivity index (χ3n) is 4.72. The summed E-state index contributed by atoms with van der Waals surface area (Å²) < 4.78 is 19.4. The molecule has 1 fully saturated rings. The van der Waals surface area contributed by atoms with E-state index < -0.39 is 11.4 Å². The summed E-state index contributed by atoms with van der Waals surface area (Å²) in [5, 5.41) is 18.4. The number of hydrogen-bond donors (Lipinski definition) is 3. The highest BCUT2D eigenvalue weighted by molar-refractivity contribution is 5.80. The monoisotopic (exact) mass is 417 g/mol. The predicted octanol–water partition coefficient (Wildman–Crippen LogP) is 3.59. The number of amides is 1. The largest absolute Gasteiger partial charge is 0.444 e. The zero-order valence-electron chi connectivity index (χ0n) is 18.2. The third-order valence-corrected chi connectivity index (χ3v) is 4.72. The normalized spacial score (nSPS) is 19.5. The average Bonchev–Trinajstić information content (AvgIpc) is 2.67. The number of ether oxygens (including phenoxy) is 1. The Morgan fingerprint density at radius 2 is 1.87 bits per heavy atom. The number of rotatable bonds is 5. The number of aliphatic imine (C=N–C) groups is 1. The molecule has 1 amide bonds. The molecule has 1 aliphatic carbocycles. The molecule has 0 radical (unpaired) electrons. The first-order valence-electron chi connectivity index (χ1n) is 10.4. The fraction of sp³-hybridized carbons (Fsp3) is 0.591. The van der Waals surface area contributed by atoms with Crippen LogP contribution in [-0.2, 0) is 11.3 Å². The molecule has 1 saturated carbocycles. The van der Waals surface area contributed by atoms with Crippen LogP contribution < -0.4 is 16.0 Å². The molecular formula is C22H32FN5O2. The van der Waals surface area contributed by atoms with Crippen molar-refractivity contribution >= 4 is 12.1 Å². The van der Waals surface area contributed by atoms with Crippen molar-refractivity contribution in [3.05, 3.63) is 35.1 Å². The summed E-state index contributed by atoms with van der Waals surface area (Å²) in [7, 11) is 0. The highest BCUT2D eigenvalue weighted by Gasteiger charge is 2.25. The van der Waals surface area contributed by atoms with Gasteiger partial charge in [-0.05, 0) is 65.5 Å². The molecule has 1 aromatic carbocycles.